The molecule has 0 aromatic carbocycles. The van der Waals surface area contributed by atoms with E-state index < -0.39 is 34.3 Å². The van der Waals surface area contributed by atoms with Crippen molar-refractivity contribution < 1.29 is 54.6 Å². The van der Waals surface area contributed by atoms with Gasteiger partial charge in [0.15, 0.2) is 0 Å². The molecule has 2 atom stereocenters. The Hall–Kier alpha value is -2.46. The Morgan fingerprint density at radius 1 is 1.00 bits per heavy atom. The van der Waals surface area contributed by atoms with Crippen LogP contribution in [-0.4, -0.2) is 88.5 Å². The first-order chi connectivity index (χ1) is 14.9. The number of hydrogen-bond donors (Lipinski definition) is 2. The number of alkyl halides is 6. The van der Waals surface area contributed by atoms with E-state index in [-0.39, 0.29) is 6.04 Å². The Labute approximate surface area is 184 Å². The number of carboxylic acids is 2. The van der Waals surface area contributed by atoms with Gasteiger partial charge in [-0.1, -0.05) is 6.07 Å². The zero-order chi connectivity index (χ0) is 25.6. The highest BCUT2D eigenvalue weighted by molar-refractivity contribution is 7.88. The monoisotopic (exact) mass is 509 g/mol. The van der Waals surface area contributed by atoms with Gasteiger partial charge in [0.25, 0.3) is 0 Å². The molecule has 0 bridgehead atoms. The van der Waals surface area contributed by atoms with E-state index in [2.05, 4.69) is 9.88 Å². The summed E-state index contributed by atoms with van der Waals surface area (Å²) in [4.78, 5) is 24.5. The second kappa shape index (κ2) is 11.1. The molecule has 0 saturated carbocycles. The quantitative estimate of drug-likeness (QED) is 0.592. The van der Waals surface area contributed by atoms with E-state index in [0.717, 1.165) is 31.6 Å². The summed E-state index contributed by atoms with van der Waals surface area (Å²) in [7, 11) is -3.06. The normalized spacial score (nSPS) is 21.3. The smallest absolute Gasteiger partial charge is 0.475 e. The molecule has 0 unspecified atom stereocenters. The fraction of sp³-hybridized carbons (Fsp3) is 0.588. The molecule has 1 aromatic heterocycles. The third-order valence-electron chi connectivity index (χ3n) is 4.64. The summed E-state index contributed by atoms with van der Waals surface area (Å²) < 4.78 is 88.6. The Kier molecular flexibility index (Phi) is 9.62. The molecule has 2 aliphatic rings. The Morgan fingerprint density at radius 3 is 1.88 bits per heavy atom. The number of hydrogen-bond acceptors (Lipinski definition) is 6. The van der Waals surface area contributed by atoms with Crippen LogP contribution < -0.4 is 0 Å². The van der Waals surface area contributed by atoms with Crippen molar-refractivity contribution >= 4 is 22.0 Å². The van der Waals surface area contributed by atoms with Crippen LogP contribution in [0.15, 0.2) is 24.4 Å². The summed E-state index contributed by atoms with van der Waals surface area (Å²) in [5.41, 5.74) is 1.06. The van der Waals surface area contributed by atoms with E-state index >= 15 is 0 Å². The Bertz CT molecular complexity index is 886. The number of carboxylic acid groups (broad SMARTS) is 2. The van der Waals surface area contributed by atoms with Gasteiger partial charge in [0.05, 0.1) is 11.9 Å². The fourth-order valence-corrected chi connectivity index (χ4v) is 4.52. The van der Waals surface area contributed by atoms with Gasteiger partial charge in [-0.25, -0.2) is 18.0 Å². The Morgan fingerprint density at radius 2 is 1.48 bits per heavy atom. The van der Waals surface area contributed by atoms with Crippen molar-refractivity contribution in [2.75, 3.05) is 19.3 Å². The van der Waals surface area contributed by atoms with Crippen LogP contribution in [0.5, 0.6) is 0 Å². The van der Waals surface area contributed by atoms with Crippen LogP contribution in [0.3, 0.4) is 0 Å². The second-order valence-electron chi connectivity index (χ2n) is 6.98. The molecule has 2 fully saturated rings. The summed E-state index contributed by atoms with van der Waals surface area (Å²) in [6.07, 6.45) is -5.17. The molecule has 188 valence electrons. The van der Waals surface area contributed by atoms with E-state index in [0.29, 0.717) is 12.6 Å². The summed E-state index contributed by atoms with van der Waals surface area (Å²) in [6, 6.07) is 6.46. The van der Waals surface area contributed by atoms with Gasteiger partial charge in [-0.2, -0.15) is 30.6 Å². The van der Waals surface area contributed by atoms with Crippen molar-refractivity contribution in [3.63, 3.8) is 0 Å². The van der Waals surface area contributed by atoms with Gasteiger partial charge < -0.3 is 10.2 Å². The molecule has 2 saturated heterocycles. The lowest BCUT2D eigenvalue weighted by molar-refractivity contribution is -0.193. The van der Waals surface area contributed by atoms with Gasteiger partial charge in [0.2, 0.25) is 10.0 Å². The van der Waals surface area contributed by atoms with E-state index in [4.69, 9.17) is 19.8 Å². The van der Waals surface area contributed by atoms with Gasteiger partial charge >= 0.3 is 24.3 Å². The highest BCUT2D eigenvalue weighted by atomic mass is 32.2. The summed E-state index contributed by atoms with van der Waals surface area (Å²) in [6.45, 7) is 2.43. The van der Waals surface area contributed by atoms with Gasteiger partial charge in [0.1, 0.15) is 0 Å². The molecule has 0 amide bonds. The second-order valence-corrected chi connectivity index (χ2v) is 8.92. The van der Waals surface area contributed by atoms with Crippen molar-refractivity contribution in [1.29, 1.82) is 0 Å². The van der Waals surface area contributed by atoms with Crippen molar-refractivity contribution in [3.05, 3.63) is 30.1 Å². The SMILES string of the molecule is CS(=O)(=O)N1CC[C@@H]2[C@@H]1CCN2Cc1ccccn1.O=C(O)C(F)(F)F.O=C(O)C(F)(F)F. The first kappa shape index (κ1) is 28.6. The van der Waals surface area contributed by atoms with Crippen LogP contribution in [0.2, 0.25) is 0 Å². The van der Waals surface area contributed by atoms with Crippen LogP contribution in [0.4, 0.5) is 26.3 Å². The molecule has 1 aromatic rings. The number of halogens is 6. The van der Waals surface area contributed by atoms with Crippen molar-refractivity contribution in [2.24, 2.45) is 0 Å². The molecule has 2 N–H and O–H groups in total. The minimum atomic E-state index is -5.08. The number of rotatable bonds is 3. The largest absolute Gasteiger partial charge is 0.490 e. The molecule has 0 aliphatic carbocycles. The predicted octanol–water partition coefficient (Wildman–Crippen LogP) is 1.96. The third-order valence-corrected chi connectivity index (χ3v) is 5.95. The van der Waals surface area contributed by atoms with Crippen LogP contribution in [0.25, 0.3) is 0 Å². The number of likely N-dealkylation sites (tertiary alicyclic amines) is 1. The first-order valence-electron chi connectivity index (χ1n) is 9.15. The summed E-state index contributed by atoms with van der Waals surface area (Å²) in [5, 5.41) is 14.2. The zero-order valence-corrected chi connectivity index (χ0v) is 17.9. The van der Waals surface area contributed by atoms with E-state index in [1.807, 2.05) is 18.2 Å². The number of aromatic nitrogens is 1. The fourth-order valence-electron chi connectivity index (χ4n) is 3.34. The van der Waals surface area contributed by atoms with Crippen molar-refractivity contribution in [2.45, 2.75) is 43.8 Å². The lowest BCUT2D eigenvalue weighted by atomic mass is 10.1. The highest BCUT2D eigenvalue weighted by Crippen LogP contribution is 2.33. The van der Waals surface area contributed by atoms with Crippen molar-refractivity contribution in [3.8, 4) is 0 Å². The number of nitrogens with zero attached hydrogens (tertiary/aromatic N) is 3. The predicted molar refractivity (Wildman–Crippen MR) is 100 cm³/mol. The van der Waals surface area contributed by atoms with E-state index in [1.54, 1.807) is 10.5 Å². The van der Waals surface area contributed by atoms with Crippen LogP contribution in [-0.2, 0) is 26.2 Å². The highest BCUT2D eigenvalue weighted by Gasteiger charge is 2.45. The van der Waals surface area contributed by atoms with Gasteiger partial charge in [-0.05, 0) is 25.0 Å². The molecule has 16 heteroatoms. The molecule has 3 rings (SSSR count). The topological polar surface area (TPSA) is 128 Å². The van der Waals surface area contributed by atoms with Crippen LogP contribution >= 0.6 is 0 Å². The standard InChI is InChI=1S/C13H19N3O2S.2C2HF3O2/c1-19(17,18)16-9-6-12-13(16)5-8-15(12)10-11-4-2-3-7-14-11;2*3-2(4,5)1(6)7/h2-4,7,12-13H,5-6,8-10H2,1H3;2*(H,6,7)/t12-,13+;;/m1../s1. The van der Waals surface area contributed by atoms with Crippen LogP contribution in [0.1, 0.15) is 18.5 Å². The number of carbonyl (C=O) groups is 2. The molecule has 3 heterocycles. The summed E-state index contributed by atoms with van der Waals surface area (Å²) >= 11 is 0. The molecule has 0 spiro atoms. The van der Waals surface area contributed by atoms with E-state index in [9.17, 15) is 34.8 Å². The molecule has 0 radical (unpaired) electrons. The maximum absolute atomic E-state index is 11.7. The molecule has 9 nitrogen and oxygen atoms in total. The molecular weight excluding hydrogens is 488 g/mol. The summed E-state index contributed by atoms with van der Waals surface area (Å²) in [5.74, 6) is -5.51. The van der Waals surface area contributed by atoms with Gasteiger partial charge in [-0.15, -0.1) is 0 Å². The van der Waals surface area contributed by atoms with Crippen molar-refractivity contribution in [1.82, 2.24) is 14.2 Å². The zero-order valence-electron chi connectivity index (χ0n) is 17.0. The number of pyridine rings is 1. The lowest BCUT2D eigenvalue weighted by Gasteiger charge is -2.24. The number of fused-ring (bicyclic) bond motifs is 1. The van der Waals surface area contributed by atoms with Gasteiger partial charge in [-0.3, -0.25) is 9.88 Å². The minimum absolute atomic E-state index is 0.165. The number of sulfonamides is 1. The Balaban J connectivity index is 0.000000324. The van der Waals surface area contributed by atoms with Gasteiger partial charge in [0, 0.05) is 37.9 Å². The van der Waals surface area contributed by atoms with E-state index in [1.165, 1.54) is 6.26 Å². The van der Waals surface area contributed by atoms with Crippen LogP contribution in [0, 0.1) is 0 Å². The molecular formula is C17H21F6N3O6S. The average Bonchev–Trinajstić information content (AvgIpc) is 3.24. The first-order valence-corrected chi connectivity index (χ1v) is 11.0. The molecule has 2 aliphatic heterocycles. The lowest BCUT2D eigenvalue weighted by Crippen LogP contribution is -2.39. The average molecular weight is 509 g/mol. The number of aliphatic carboxylic acids is 2. The molecule has 33 heavy (non-hydrogen) atoms. The maximum Gasteiger partial charge on any atom is 0.490 e. The minimum Gasteiger partial charge on any atom is -0.475 e. The third kappa shape index (κ3) is 9.13. The maximum atomic E-state index is 11.7.